The topological polar surface area (TPSA) is 11.4 Å². The summed E-state index contributed by atoms with van der Waals surface area (Å²) in [6.07, 6.45) is 0. The summed E-state index contributed by atoms with van der Waals surface area (Å²) in [7, 11) is -12.2. The Morgan fingerprint density at radius 3 is 0.575 bits per heavy atom. The van der Waals surface area contributed by atoms with E-state index in [1.165, 1.54) is 110 Å². The minimum Gasteiger partial charge on any atom is -0.311 e. The van der Waals surface area contributed by atoms with Gasteiger partial charge in [-0.15, -0.1) is 0 Å². The first kappa shape index (κ1) is 88.6. The summed E-state index contributed by atoms with van der Waals surface area (Å²) in [6, 6.07) is 232. The van der Waals surface area contributed by atoms with Crippen LogP contribution in [0.4, 0.5) is 34.1 Å². The third-order valence-corrected chi connectivity index (χ3v) is 50.2. The van der Waals surface area contributed by atoms with E-state index < -0.39 is 32.3 Å². The molecule has 0 fully saturated rings. The van der Waals surface area contributed by atoms with Gasteiger partial charge in [0.1, 0.15) is 0 Å². The first-order chi connectivity index (χ1) is 72.4. The molecule has 0 atom stereocenters. The molecule has 1 aromatic heterocycles. The van der Waals surface area contributed by atoms with Crippen molar-refractivity contribution < 1.29 is 0 Å². The molecule has 2 aliphatic rings. The number of fused-ring (bicyclic) bond motifs is 7. The van der Waals surface area contributed by atoms with Gasteiger partial charge in [0.25, 0.3) is 6.71 Å². The van der Waals surface area contributed by atoms with Crippen LogP contribution in [0.2, 0.25) is 0 Å². The highest BCUT2D eigenvalue weighted by Crippen LogP contribution is 2.49. The highest BCUT2D eigenvalue weighted by atomic mass is 28.3. The van der Waals surface area contributed by atoms with Crippen molar-refractivity contribution in [2.24, 2.45) is 0 Å². The van der Waals surface area contributed by atoms with Crippen LogP contribution in [0.15, 0.2) is 607 Å². The van der Waals surface area contributed by atoms with Gasteiger partial charge in [-0.1, -0.05) is 546 Å². The second-order valence-corrected chi connectivity index (χ2v) is 54.0. The van der Waals surface area contributed by atoms with Gasteiger partial charge in [-0.2, -0.15) is 0 Å². The Labute approximate surface area is 858 Å². The zero-order chi connectivity index (χ0) is 97.0. The average molecular weight is 1920 g/mol. The van der Waals surface area contributed by atoms with Crippen LogP contribution in [0.3, 0.4) is 0 Å². The lowest BCUT2D eigenvalue weighted by Gasteiger charge is -2.45. The Hall–Kier alpha value is -17.6. The molecule has 686 valence electrons. The Bertz CT molecular complexity index is 8020. The number of hydrogen-bond donors (Lipinski definition) is 0. The summed E-state index contributed by atoms with van der Waals surface area (Å²) < 4.78 is 2.56. The molecule has 0 saturated heterocycles. The number of nitrogens with zero attached hydrogens (tertiary/aromatic N) is 3. The normalized spacial score (nSPS) is 12.3. The monoisotopic (exact) mass is 1920 g/mol. The van der Waals surface area contributed by atoms with Gasteiger partial charge in [0.05, 0.1) is 16.7 Å². The fourth-order valence-corrected chi connectivity index (χ4v) is 44.0. The van der Waals surface area contributed by atoms with Crippen LogP contribution in [-0.2, 0) is 0 Å². The Balaban J connectivity index is 0.750. The average Bonchev–Trinajstić information content (AvgIpc) is 1.07. The van der Waals surface area contributed by atoms with Crippen molar-refractivity contribution in [3.8, 4) is 50.2 Å². The molecule has 0 aliphatic carbocycles. The molecule has 0 saturated carbocycles. The Morgan fingerprint density at radius 1 is 0.137 bits per heavy atom. The minimum absolute atomic E-state index is 0.312. The summed E-state index contributed by atoms with van der Waals surface area (Å²) in [6.45, 7) is -0.312. The number of hydrogen-bond acceptors (Lipinski definition) is 2. The summed E-state index contributed by atoms with van der Waals surface area (Å²) in [5, 5.41) is 23.6. The number of para-hydroxylation sites is 2. The van der Waals surface area contributed by atoms with Crippen LogP contribution < -0.4 is 109 Å². The predicted octanol–water partition coefficient (Wildman–Crippen LogP) is 21.0. The molecule has 2 aliphatic heterocycles. The maximum absolute atomic E-state index is 3.05. The fraction of sp³-hybridized carbons (Fsp3) is 0. The molecule has 0 N–H and O–H groups in total. The molecule has 0 amide bonds. The highest BCUT2D eigenvalue weighted by Gasteiger charge is 2.49. The van der Waals surface area contributed by atoms with E-state index in [0.29, 0.717) is 0 Å². The van der Waals surface area contributed by atoms with Gasteiger partial charge in [0.2, 0.25) is 0 Å². The molecule has 0 radical (unpaired) electrons. The van der Waals surface area contributed by atoms with E-state index in [1.54, 1.807) is 0 Å². The lowest BCUT2D eigenvalue weighted by Crippen LogP contribution is -2.74. The zero-order valence-electron chi connectivity index (χ0n) is 80.7. The molecule has 0 unspecified atom stereocenters. The molecule has 24 aromatic rings. The molecule has 0 bridgehead atoms. The summed E-state index contributed by atoms with van der Waals surface area (Å²) in [5.41, 5.74) is 22.4. The lowest BCUT2D eigenvalue weighted by atomic mass is 9.33. The summed E-state index contributed by atoms with van der Waals surface area (Å²) in [5.74, 6) is 0. The zero-order valence-corrected chi connectivity index (χ0v) is 84.7. The van der Waals surface area contributed by atoms with Crippen LogP contribution in [0.25, 0.3) is 72.0 Å². The van der Waals surface area contributed by atoms with Crippen LogP contribution in [-0.4, -0.2) is 43.6 Å². The second-order valence-electron chi connectivity index (χ2n) is 38.7. The number of rotatable bonds is 23. The van der Waals surface area contributed by atoms with Gasteiger partial charge in [0.15, 0.2) is 32.3 Å². The van der Waals surface area contributed by atoms with E-state index in [4.69, 9.17) is 0 Å². The fourth-order valence-electron chi connectivity index (χ4n) is 24.9. The highest BCUT2D eigenvalue weighted by molar-refractivity contribution is 7.22. The molecule has 26 rings (SSSR count). The molecular formula is C138H100BN3Si4. The van der Waals surface area contributed by atoms with E-state index in [-0.39, 0.29) is 6.71 Å². The van der Waals surface area contributed by atoms with Crippen molar-refractivity contribution in [1.29, 1.82) is 0 Å². The molecule has 3 heterocycles. The van der Waals surface area contributed by atoms with E-state index in [2.05, 4.69) is 621 Å². The van der Waals surface area contributed by atoms with Crippen LogP contribution in [0.1, 0.15) is 0 Å². The van der Waals surface area contributed by atoms with E-state index in [1.807, 2.05) is 0 Å². The number of benzene rings is 23. The smallest absolute Gasteiger partial charge is 0.252 e. The van der Waals surface area contributed by atoms with E-state index >= 15 is 0 Å². The van der Waals surface area contributed by atoms with E-state index in [0.717, 1.165) is 95.4 Å². The first-order valence-electron chi connectivity index (χ1n) is 50.8. The first-order valence-corrected chi connectivity index (χ1v) is 58.8. The largest absolute Gasteiger partial charge is 0.311 e. The Kier molecular flexibility index (Phi) is 22.9. The molecule has 146 heavy (non-hydrogen) atoms. The van der Waals surface area contributed by atoms with Crippen molar-refractivity contribution in [3.63, 3.8) is 0 Å². The third kappa shape index (κ3) is 14.8. The van der Waals surface area contributed by atoms with Crippen LogP contribution in [0, 0.1) is 0 Å². The van der Waals surface area contributed by atoms with Crippen molar-refractivity contribution in [3.05, 3.63) is 607 Å². The number of aromatic nitrogens is 1. The van der Waals surface area contributed by atoms with Gasteiger partial charge < -0.3 is 14.4 Å². The van der Waals surface area contributed by atoms with Crippen LogP contribution >= 0.6 is 0 Å². The quantitative estimate of drug-likeness (QED) is 0.0467. The molecule has 23 aromatic carbocycles. The van der Waals surface area contributed by atoms with Crippen LogP contribution in [0.5, 0.6) is 0 Å². The SMILES string of the molecule is c1ccc([Si](c2ccccc2)(c2ccccc2)c2cccc(-c3cccc(N4c5cc(-c6cccc([Si](c7ccccc7)(c7ccccc7)c7ccccc7)c6)ccc5B5c6ccc(-c7cccc([Si](c8ccccc8)(c8ccccc8)c8ccccc8)c7)cc6N(c6cccc(-c7cccc([Si](c8ccccc8)(c8ccccc8)c8ccccc8)c7)c6)c6cc(-n7c8ccccc8c8ccccc87)cc4c65)c3)c2)cc1. The van der Waals surface area contributed by atoms with Gasteiger partial charge >= 0.3 is 0 Å². The van der Waals surface area contributed by atoms with E-state index in [9.17, 15) is 0 Å². The lowest BCUT2D eigenvalue weighted by molar-refractivity contribution is 1.16. The van der Waals surface area contributed by atoms with Gasteiger partial charge in [-0.05, 0) is 205 Å². The molecular weight excluding hydrogens is 1820 g/mol. The van der Waals surface area contributed by atoms with Gasteiger partial charge in [-0.3, -0.25) is 0 Å². The maximum atomic E-state index is 2.67. The number of anilines is 6. The molecule has 8 heteroatoms. The molecule has 0 spiro atoms. The standard InChI is InChI=1S/C138H100BN3Si4/c1-13-55-112(56-14-1)143(113-57-15-2-16-58-113,114-59-17-3-18-60-114)124-79-43-49-103(93-124)101-47-41-53-109(91-101)140-134-97-107(105-51-45-81-126(95-105)145(118-67-25-7-26-68-118,119-69-27-8-28-70-119)120-71-29-9-30-72-120)87-89-130(134)139-131-90-88-108(106-52-46-82-127(96-106)146(121-73-31-10-32-74-121,122-75-33-11-34-76-122)123-77-35-12-36-78-123)98-135(131)141(137-100-111(99-136(140)138(137)139)142-132-85-39-37-83-128(132)129-84-38-40-86-133(129)142)110-54-42-48-102(92-110)104-50-44-80-125(94-104)144(115-61-19-4-20-62-115,116-63-21-5-22-64-116)117-65-23-6-24-66-117/h1-100H. The van der Waals surface area contributed by atoms with Gasteiger partial charge in [-0.25, -0.2) is 0 Å². The minimum atomic E-state index is -3.05. The Morgan fingerprint density at radius 2 is 0.336 bits per heavy atom. The van der Waals surface area contributed by atoms with Crippen molar-refractivity contribution in [1.82, 2.24) is 4.57 Å². The predicted molar refractivity (Wildman–Crippen MR) is 631 cm³/mol. The van der Waals surface area contributed by atoms with Crippen molar-refractivity contribution >= 4 is 194 Å². The van der Waals surface area contributed by atoms with Crippen molar-refractivity contribution in [2.45, 2.75) is 0 Å². The maximum Gasteiger partial charge on any atom is 0.252 e. The third-order valence-electron chi connectivity index (χ3n) is 31.1. The summed E-state index contributed by atoms with van der Waals surface area (Å²) >= 11 is 0. The summed E-state index contributed by atoms with van der Waals surface area (Å²) in [4.78, 5) is 5.35. The van der Waals surface area contributed by atoms with Crippen molar-refractivity contribution in [2.75, 3.05) is 9.80 Å². The molecule has 3 nitrogen and oxygen atoms in total. The van der Waals surface area contributed by atoms with Gasteiger partial charge in [0, 0.05) is 44.9 Å². The second kappa shape index (κ2) is 37.7.